The zero-order valence-electron chi connectivity index (χ0n) is 17.0. The summed E-state index contributed by atoms with van der Waals surface area (Å²) < 4.78 is 41.6. The van der Waals surface area contributed by atoms with Gasteiger partial charge in [0.2, 0.25) is 5.95 Å². The van der Waals surface area contributed by atoms with Gasteiger partial charge in [0.1, 0.15) is 17.2 Å². The van der Waals surface area contributed by atoms with E-state index in [0.717, 1.165) is 0 Å². The highest BCUT2D eigenvalue weighted by Crippen LogP contribution is 2.46. The highest BCUT2D eigenvalue weighted by atomic mass is 19.3. The Balaban J connectivity index is 1.37. The molecule has 0 atom stereocenters. The Morgan fingerprint density at radius 3 is 2.76 bits per heavy atom. The minimum absolute atomic E-state index is 0.0803. The molecule has 0 fully saturated rings. The summed E-state index contributed by atoms with van der Waals surface area (Å²) >= 11 is 0. The number of halogens is 2. The van der Waals surface area contributed by atoms with Crippen molar-refractivity contribution in [3.63, 3.8) is 0 Å². The van der Waals surface area contributed by atoms with E-state index in [-0.39, 0.29) is 34.7 Å². The fraction of sp³-hybridized carbons (Fsp3) is 0.0909. The van der Waals surface area contributed by atoms with Gasteiger partial charge in [0.25, 0.3) is 5.91 Å². The van der Waals surface area contributed by atoms with E-state index in [1.807, 2.05) is 0 Å². The molecule has 0 radical (unpaired) electrons. The Bertz CT molecular complexity index is 1380. The van der Waals surface area contributed by atoms with Crippen molar-refractivity contribution < 1.29 is 27.8 Å². The van der Waals surface area contributed by atoms with Crippen molar-refractivity contribution in [2.45, 2.75) is 6.29 Å². The van der Waals surface area contributed by atoms with Gasteiger partial charge in [0.15, 0.2) is 11.5 Å². The molecule has 0 aliphatic carbocycles. The van der Waals surface area contributed by atoms with Crippen molar-refractivity contribution in [1.82, 2.24) is 20.3 Å². The zero-order valence-corrected chi connectivity index (χ0v) is 17.0. The van der Waals surface area contributed by atoms with E-state index in [1.54, 1.807) is 42.6 Å². The topological polar surface area (TPSA) is 107 Å². The SMILES string of the molecule is CNC(=O)c1cc(Oc2ccc3nc(Nc4cccc5c4OC(F)(F)O5)ncc3c2)ccn1. The Labute approximate surface area is 185 Å². The lowest BCUT2D eigenvalue weighted by Crippen LogP contribution is -2.26. The third-order valence-electron chi connectivity index (χ3n) is 4.65. The highest BCUT2D eigenvalue weighted by molar-refractivity contribution is 5.92. The van der Waals surface area contributed by atoms with Crippen LogP contribution in [-0.2, 0) is 0 Å². The predicted octanol–water partition coefficient (Wildman–Crippen LogP) is 4.24. The number of alkyl halides is 2. The first-order valence-electron chi connectivity index (χ1n) is 9.69. The lowest BCUT2D eigenvalue weighted by Gasteiger charge is -2.10. The Kier molecular flexibility index (Phi) is 4.85. The lowest BCUT2D eigenvalue weighted by molar-refractivity contribution is -0.286. The van der Waals surface area contributed by atoms with Crippen molar-refractivity contribution >= 4 is 28.4 Å². The van der Waals surface area contributed by atoms with Crippen LogP contribution < -0.4 is 24.8 Å². The van der Waals surface area contributed by atoms with Crippen LogP contribution in [0.4, 0.5) is 20.4 Å². The Morgan fingerprint density at radius 1 is 1.06 bits per heavy atom. The quantitative estimate of drug-likeness (QED) is 0.464. The van der Waals surface area contributed by atoms with Gasteiger partial charge in [-0.2, -0.15) is 0 Å². The average molecular weight is 451 g/mol. The van der Waals surface area contributed by atoms with E-state index in [9.17, 15) is 13.6 Å². The molecule has 2 aromatic heterocycles. The molecule has 166 valence electrons. The number of nitrogens with zero attached hydrogens (tertiary/aromatic N) is 3. The zero-order chi connectivity index (χ0) is 23.0. The molecule has 3 heterocycles. The number of fused-ring (bicyclic) bond motifs is 2. The van der Waals surface area contributed by atoms with Crippen LogP contribution >= 0.6 is 0 Å². The Hall–Kier alpha value is -4.54. The average Bonchev–Trinajstić information content (AvgIpc) is 3.13. The molecule has 11 heteroatoms. The molecule has 4 aromatic rings. The standard InChI is InChI=1S/C22H15F2N5O4/c1-25-20(30)17-10-14(7-8-26-17)31-13-5-6-15-12(9-13)11-27-21(28-15)29-16-3-2-4-18-19(16)33-22(23,24)32-18/h2-11H,1H3,(H,25,30)(H,27,28,29). The van der Waals surface area contributed by atoms with Gasteiger partial charge in [-0.3, -0.25) is 9.78 Å². The normalized spacial score (nSPS) is 13.5. The van der Waals surface area contributed by atoms with E-state index in [4.69, 9.17) is 4.74 Å². The second-order valence-corrected chi connectivity index (χ2v) is 6.90. The predicted molar refractivity (Wildman–Crippen MR) is 113 cm³/mol. The molecule has 1 amide bonds. The second-order valence-electron chi connectivity index (χ2n) is 6.90. The third-order valence-corrected chi connectivity index (χ3v) is 4.65. The first-order valence-corrected chi connectivity index (χ1v) is 9.69. The van der Waals surface area contributed by atoms with Gasteiger partial charge in [-0.15, -0.1) is 8.78 Å². The van der Waals surface area contributed by atoms with Crippen LogP contribution in [-0.4, -0.2) is 34.2 Å². The largest absolute Gasteiger partial charge is 0.586 e. The van der Waals surface area contributed by atoms with Crippen molar-refractivity contribution in [2.24, 2.45) is 0 Å². The first kappa shape index (κ1) is 20.4. The van der Waals surface area contributed by atoms with Gasteiger partial charge >= 0.3 is 6.29 Å². The number of aromatic nitrogens is 3. The lowest BCUT2D eigenvalue weighted by atomic mass is 10.2. The van der Waals surface area contributed by atoms with E-state index in [2.05, 4.69) is 35.1 Å². The van der Waals surface area contributed by atoms with E-state index < -0.39 is 6.29 Å². The van der Waals surface area contributed by atoms with Crippen LogP contribution in [0.2, 0.25) is 0 Å². The highest BCUT2D eigenvalue weighted by Gasteiger charge is 2.44. The summed E-state index contributed by atoms with van der Waals surface area (Å²) in [4.78, 5) is 24.4. The number of anilines is 2. The molecule has 9 nitrogen and oxygen atoms in total. The maximum absolute atomic E-state index is 13.4. The summed E-state index contributed by atoms with van der Waals surface area (Å²) in [7, 11) is 1.52. The van der Waals surface area contributed by atoms with Gasteiger partial charge in [-0.25, -0.2) is 9.97 Å². The number of pyridine rings is 1. The van der Waals surface area contributed by atoms with Crippen LogP contribution in [0.3, 0.4) is 0 Å². The molecule has 0 bridgehead atoms. The minimum atomic E-state index is -3.73. The van der Waals surface area contributed by atoms with Crippen molar-refractivity contribution in [1.29, 1.82) is 0 Å². The molecule has 0 spiro atoms. The monoisotopic (exact) mass is 451 g/mol. The number of ether oxygens (including phenoxy) is 3. The van der Waals surface area contributed by atoms with Gasteiger partial charge < -0.3 is 24.8 Å². The number of carbonyl (C=O) groups is 1. The number of nitrogens with one attached hydrogen (secondary N) is 2. The Morgan fingerprint density at radius 2 is 1.91 bits per heavy atom. The molecule has 2 N–H and O–H groups in total. The summed E-state index contributed by atoms with van der Waals surface area (Å²) in [5, 5.41) is 6.06. The van der Waals surface area contributed by atoms with Gasteiger partial charge in [-0.1, -0.05) is 6.07 Å². The van der Waals surface area contributed by atoms with Crippen LogP contribution in [0.5, 0.6) is 23.0 Å². The number of rotatable bonds is 5. The number of amides is 1. The number of carbonyl (C=O) groups excluding carboxylic acids is 1. The molecule has 0 saturated heterocycles. The number of hydrogen-bond acceptors (Lipinski definition) is 8. The summed E-state index contributed by atoms with van der Waals surface area (Å²) in [5.41, 5.74) is 1.07. The minimum Gasteiger partial charge on any atom is -0.457 e. The van der Waals surface area contributed by atoms with E-state index in [1.165, 1.54) is 25.4 Å². The van der Waals surface area contributed by atoms with Crippen LogP contribution in [0.1, 0.15) is 10.5 Å². The van der Waals surface area contributed by atoms with Crippen LogP contribution in [0.25, 0.3) is 10.9 Å². The molecule has 1 aliphatic rings. The third kappa shape index (κ3) is 4.15. The number of para-hydroxylation sites is 1. The molecule has 0 unspecified atom stereocenters. The molecule has 33 heavy (non-hydrogen) atoms. The fourth-order valence-corrected chi connectivity index (χ4v) is 3.19. The van der Waals surface area contributed by atoms with Crippen LogP contribution in [0, 0.1) is 0 Å². The number of hydrogen-bond donors (Lipinski definition) is 2. The molecule has 1 aliphatic heterocycles. The molecule has 0 saturated carbocycles. The van der Waals surface area contributed by atoms with Crippen molar-refractivity contribution in [2.75, 3.05) is 12.4 Å². The van der Waals surface area contributed by atoms with Crippen molar-refractivity contribution in [3.8, 4) is 23.0 Å². The summed E-state index contributed by atoms with van der Waals surface area (Å²) in [6, 6.07) is 12.8. The number of benzene rings is 2. The van der Waals surface area contributed by atoms with Gasteiger partial charge in [0.05, 0.1) is 11.2 Å². The smallest absolute Gasteiger partial charge is 0.457 e. The summed E-state index contributed by atoms with van der Waals surface area (Å²) in [5.74, 6) is 0.616. The van der Waals surface area contributed by atoms with Crippen LogP contribution in [0.15, 0.2) is 60.9 Å². The fourth-order valence-electron chi connectivity index (χ4n) is 3.19. The first-order chi connectivity index (χ1) is 15.9. The van der Waals surface area contributed by atoms with E-state index in [0.29, 0.717) is 22.4 Å². The molecule has 2 aromatic carbocycles. The second kappa shape index (κ2) is 7.86. The van der Waals surface area contributed by atoms with E-state index >= 15 is 0 Å². The summed E-state index contributed by atoms with van der Waals surface area (Å²) in [6.45, 7) is 0. The van der Waals surface area contributed by atoms with Gasteiger partial charge in [-0.05, 0) is 36.4 Å². The maximum atomic E-state index is 13.4. The molecular weight excluding hydrogens is 436 g/mol. The molecular formula is C22H15F2N5O4. The summed E-state index contributed by atoms with van der Waals surface area (Å²) in [6.07, 6.45) is -0.682. The molecule has 5 rings (SSSR count). The van der Waals surface area contributed by atoms with Gasteiger partial charge in [0, 0.05) is 30.9 Å². The maximum Gasteiger partial charge on any atom is 0.586 e. The van der Waals surface area contributed by atoms with Crippen molar-refractivity contribution in [3.05, 3.63) is 66.6 Å².